The number of carbonyl (C=O) groups excluding carboxylic acids is 2. The number of amides is 3. The van der Waals surface area contributed by atoms with Crippen LogP contribution in [0.4, 0.5) is 4.79 Å². The van der Waals surface area contributed by atoms with Crippen molar-refractivity contribution in [1.29, 1.82) is 0 Å². The summed E-state index contributed by atoms with van der Waals surface area (Å²) in [7, 11) is 0. The van der Waals surface area contributed by atoms with Crippen molar-refractivity contribution in [2.45, 2.75) is 44.6 Å². The minimum Gasteiger partial charge on any atom is -0.323 e. The second-order valence-corrected chi connectivity index (χ2v) is 4.26. The Kier molecular flexibility index (Phi) is 2.21. The zero-order valence-corrected chi connectivity index (χ0v) is 8.43. The number of hydrogen-bond donors (Lipinski definition) is 2. The Morgan fingerprint density at radius 3 is 2.86 bits per heavy atom. The van der Waals surface area contributed by atoms with Gasteiger partial charge >= 0.3 is 6.03 Å². The maximum atomic E-state index is 11.7. The Hall–Kier alpha value is -1.06. The molecular weight excluding hydrogens is 180 g/mol. The van der Waals surface area contributed by atoms with E-state index < -0.39 is 5.54 Å². The summed E-state index contributed by atoms with van der Waals surface area (Å²) >= 11 is 0. The van der Waals surface area contributed by atoms with Crippen molar-refractivity contribution < 1.29 is 9.59 Å². The van der Waals surface area contributed by atoms with Crippen LogP contribution in [0.1, 0.15) is 39.0 Å². The zero-order valence-electron chi connectivity index (χ0n) is 8.43. The van der Waals surface area contributed by atoms with Crippen LogP contribution in [-0.2, 0) is 4.79 Å². The molecule has 1 spiro atoms. The van der Waals surface area contributed by atoms with Crippen LogP contribution < -0.4 is 10.6 Å². The van der Waals surface area contributed by atoms with Gasteiger partial charge in [-0.25, -0.2) is 4.79 Å². The lowest BCUT2D eigenvalue weighted by Crippen LogP contribution is -2.49. The first-order valence-electron chi connectivity index (χ1n) is 5.32. The highest BCUT2D eigenvalue weighted by atomic mass is 16.2. The molecule has 4 nitrogen and oxygen atoms in total. The van der Waals surface area contributed by atoms with E-state index in [2.05, 4.69) is 17.6 Å². The summed E-state index contributed by atoms with van der Waals surface area (Å²) in [5, 5.41) is 5.16. The quantitative estimate of drug-likeness (QED) is 0.651. The predicted octanol–water partition coefficient (Wildman–Crippen LogP) is 1.16. The molecule has 2 fully saturated rings. The van der Waals surface area contributed by atoms with Crippen LogP contribution in [0.15, 0.2) is 0 Å². The van der Waals surface area contributed by atoms with Crippen LogP contribution in [-0.4, -0.2) is 17.5 Å². The number of rotatable bonds is 2. The topological polar surface area (TPSA) is 58.2 Å². The molecule has 14 heavy (non-hydrogen) atoms. The molecule has 0 radical (unpaired) electrons. The average Bonchev–Trinajstić information content (AvgIpc) is 2.61. The smallest absolute Gasteiger partial charge is 0.322 e. The van der Waals surface area contributed by atoms with E-state index in [4.69, 9.17) is 0 Å². The molecule has 1 aliphatic carbocycles. The van der Waals surface area contributed by atoms with Gasteiger partial charge in [0.25, 0.3) is 5.91 Å². The van der Waals surface area contributed by atoms with E-state index in [-0.39, 0.29) is 11.9 Å². The van der Waals surface area contributed by atoms with Crippen molar-refractivity contribution in [3.63, 3.8) is 0 Å². The highest BCUT2D eigenvalue weighted by molar-refractivity contribution is 6.07. The van der Waals surface area contributed by atoms with Crippen LogP contribution >= 0.6 is 0 Å². The summed E-state index contributed by atoms with van der Waals surface area (Å²) in [4.78, 5) is 22.8. The van der Waals surface area contributed by atoms with Crippen LogP contribution in [0.25, 0.3) is 0 Å². The monoisotopic (exact) mass is 196 g/mol. The molecule has 0 aromatic carbocycles. The Labute approximate surface area is 83.4 Å². The molecule has 0 bridgehead atoms. The van der Waals surface area contributed by atoms with Crippen molar-refractivity contribution in [3.05, 3.63) is 0 Å². The summed E-state index contributed by atoms with van der Waals surface area (Å²) in [5.74, 6) is 0.220. The summed E-state index contributed by atoms with van der Waals surface area (Å²) in [6, 6.07) is -0.321. The van der Waals surface area contributed by atoms with Crippen molar-refractivity contribution in [2.75, 3.05) is 0 Å². The lowest BCUT2D eigenvalue weighted by atomic mass is 9.84. The van der Waals surface area contributed by atoms with Gasteiger partial charge < -0.3 is 5.32 Å². The number of imide groups is 1. The summed E-state index contributed by atoms with van der Waals surface area (Å²) in [6.45, 7) is 2.11. The van der Waals surface area contributed by atoms with E-state index in [0.29, 0.717) is 5.92 Å². The van der Waals surface area contributed by atoms with Gasteiger partial charge in [0.1, 0.15) is 5.54 Å². The normalized spacial score (nSPS) is 36.2. The number of carbonyl (C=O) groups is 2. The van der Waals surface area contributed by atoms with Crippen molar-refractivity contribution in [2.24, 2.45) is 5.92 Å². The van der Waals surface area contributed by atoms with E-state index >= 15 is 0 Å². The lowest BCUT2D eigenvalue weighted by molar-refractivity contribution is -0.125. The van der Waals surface area contributed by atoms with Gasteiger partial charge in [-0.05, 0) is 25.2 Å². The predicted molar refractivity (Wildman–Crippen MR) is 51.7 cm³/mol. The third kappa shape index (κ3) is 1.21. The summed E-state index contributed by atoms with van der Waals surface area (Å²) in [6.07, 6.45) is 4.98. The molecule has 3 amide bonds. The van der Waals surface area contributed by atoms with E-state index in [9.17, 15) is 9.59 Å². The molecule has 78 valence electrons. The zero-order chi connectivity index (χ0) is 10.2. The van der Waals surface area contributed by atoms with Crippen LogP contribution in [0.3, 0.4) is 0 Å². The fourth-order valence-corrected chi connectivity index (χ4v) is 2.79. The van der Waals surface area contributed by atoms with Crippen LogP contribution in [0, 0.1) is 5.92 Å². The van der Waals surface area contributed by atoms with E-state index in [1.165, 1.54) is 0 Å². The molecule has 4 heteroatoms. The summed E-state index contributed by atoms with van der Waals surface area (Å²) in [5.41, 5.74) is -0.562. The highest BCUT2D eigenvalue weighted by Gasteiger charge is 2.53. The standard InChI is InChI=1S/C10H16N2O2/c1-2-4-7-5-3-6-10(7)8(13)11-9(14)12-10/h7H,2-6H2,1H3,(H2,11,12,13,14)/t7-,10-/m0/s1. The van der Waals surface area contributed by atoms with Gasteiger partial charge in [-0.15, -0.1) is 0 Å². The first kappa shape index (κ1) is 9.49. The SMILES string of the molecule is CCC[C@H]1CCC[C@]12NC(=O)NC2=O. The average molecular weight is 196 g/mol. The Bertz CT molecular complexity index is 277. The second kappa shape index (κ2) is 3.26. The van der Waals surface area contributed by atoms with E-state index in [1.54, 1.807) is 0 Å². The fraction of sp³-hybridized carbons (Fsp3) is 0.800. The van der Waals surface area contributed by atoms with Crippen LogP contribution in [0.5, 0.6) is 0 Å². The third-order valence-corrected chi connectivity index (χ3v) is 3.43. The number of hydrogen-bond acceptors (Lipinski definition) is 2. The highest BCUT2D eigenvalue weighted by Crippen LogP contribution is 2.40. The number of urea groups is 1. The fourth-order valence-electron chi connectivity index (χ4n) is 2.79. The minimum absolute atomic E-state index is 0.113. The van der Waals surface area contributed by atoms with E-state index in [0.717, 1.165) is 32.1 Å². The van der Waals surface area contributed by atoms with Crippen molar-refractivity contribution >= 4 is 11.9 Å². The minimum atomic E-state index is -0.562. The largest absolute Gasteiger partial charge is 0.323 e. The second-order valence-electron chi connectivity index (χ2n) is 4.26. The molecule has 1 aliphatic heterocycles. The molecule has 2 rings (SSSR count). The Morgan fingerprint density at radius 1 is 1.50 bits per heavy atom. The van der Waals surface area contributed by atoms with Crippen molar-refractivity contribution in [1.82, 2.24) is 10.6 Å². The van der Waals surface area contributed by atoms with Crippen molar-refractivity contribution in [3.8, 4) is 0 Å². The summed E-state index contributed by atoms with van der Waals surface area (Å²) < 4.78 is 0. The maximum absolute atomic E-state index is 11.7. The molecule has 2 N–H and O–H groups in total. The molecule has 0 aromatic heterocycles. The molecular formula is C10H16N2O2. The Balaban J connectivity index is 2.21. The molecule has 0 unspecified atom stereocenters. The van der Waals surface area contributed by atoms with E-state index in [1.807, 2.05) is 0 Å². The molecule has 2 atom stereocenters. The molecule has 1 saturated carbocycles. The first-order valence-corrected chi connectivity index (χ1v) is 5.32. The molecule has 1 saturated heterocycles. The molecule has 2 aliphatic rings. The van der Waals surface area contributed by atoms with Gasteiger partial charge in [0.2, 0.25) is 0 Å². The lowest BCUT2D eigenvalue weighted by Gasteiger charge is -2.27. The van der Waals surface area contributed by atoms with Gasteiger partial charge in [-0.2, -0.15) is 0 Å². The van der Waals surface area contributed by atoms with Crippen LogP contribution in [0.2, 0.25) is 0 Å². The van der Waals surface area contributed by atoms with Gasteiger partial charge in [0.05, 0.1) is 0 Å². The van der Waals surface area contributed by atoms with Gasteiger partial charge in [0, 0.05) is 0 Å². The maximum Gasteiger partial charge on any atom is 0.322 e. The van der Waals surface area contributed by atoms with Gasteiger partial charge in [0.15, 0.2) is 0 Å². The van der Waals surface area contributed by atoms with Gasteiger partial charge in [-0.1, -0.05) is 19.8 Å². The molecule has 0 aromatic rings. The molecule has 1 heterocycles. The first-order chi connectivity index (χ1) is 6.69. The third-order valence-electron chi connectivity index (χ3n) is 3.43. The Morgan fingerprint density at radius 2 is 2.29 bits per heavy atom. The number of nitrogens with one attached hydrogen (secondary N) is 2. The van der Waals surface area contributed by atoms with Gasteiger partial charge in [-0.3, -0.25) is 10.1 Å².